The molecule has 0 unspecified atom stereocenters. The largest absolute Gasteiger partial charge is 0.481 e. The van der Waals surface area contributed by atoms with Crippen molar-refractivity contribution in [2.75, 3.05) is 19.6 Å². The van der Waals surface area contributed by atoms with Gasteiger partial charge < -0.3 is 19.6 Å². The molecule has 1 fully saturated rings. The fraction of sp³-hybridized carbons (Fsp3) is 0.370. The number of halogens is 3. The second-order valence-electron chi connectivity index (χ2n) is 9.94. The van der Waals surface area contributed by atoms with Crippen molar-refractivity contribution in [3.63, 3.8) is 0 Å². The summed E-state index contributed by atoms with van der Waals surface area (Å²) >= 11 is 0. The van der Waals surface area contributed by atoms with E-state index in [4.69, 9.17) is 9.63 Å². The van der Waals surface area contributed by atoms with Crippen LogP contribution in [-0.4, -0.2) is 65.6 Å². The minimum Gasteiger partial charge on any atom is -0.481 e. The molecule has 5 rings (SSSR count). The van der Waals surface area contributed by atoms with Crippen molar-refractivity contribution < 1.29 is 32.7 Å². The standard InChI is InChI=1S/C27H27F3N6O4/c1-16-4-9-22(31-12-16)36-24(27(28,29)30)20(13-32-36)26-33-25(34-40-26)19-7-5-18(6-8-19)21(37)15-35-10-2-3-17(14-35)11-23(38)39/h4-9,12-13,17,21,37H,2-3,10-11,14-15H2,1H3,(H,38,39)/t17-,21-/m1/s1. The summed E-state index contributed by atoms with van der Waals surface area (Å²) in [6.07, 6.45) is -1.26. The molecule has 2 N–H and O–H groups in total. The summed E-state index contributed by atoms with van der Waals surface area (Å²) in [4.78, 5) is 21.3. The van der Waals surface area contributed by atoms with Gasteiger partial charge in [-0.25, -0.2) is 9.67 Å². The summed E-state index contributed by atoms with van der Waals surface area (Å²) in [6, 6.07) is 9.77. The molecule has 2 atom stereocenters. The molecule has 10 nitrogen and oxygen atoms in total. The number of piperidine rings is 1. The van der Waals surface area contributed by atoms with Crippen LogP contribution in [0.3, 0.4) is 0 Å². The number of benzene rings is 1. The van der Waals surface area contributed by atoms with E-state index < -0.39 is 23.9 Å². The summed E-state index contributed by atoms with van der Waals surface area (Å²) in [5.41, 5.74) is 0.468. The first-order valence-corrected chi connectivity index (χ1v) is 12.7. The number of hydrogen-bond acceptors (Lipinski definition) is 8. The van der Waals surface area contributed by atoms with Gasteiger partial charge in [0.25, 0.3) is 5.89 Å². The first-order chi connectivity index (χ1) is 19.1. The smallest absolute Gasteiger partial charge is 0.434 e. The number of aliphatic carboxylic acids is 1. The highest BCUT2D eigenvalue weighted by atomic mass is 19.4. The number of rotatable bonds is 8. The fourth-order valence-electron chi connectivity index (χ4n) is 4.92. The minimum atomic E-state index is -4.77. The molecule has 13 heteroatoms. The van der Waals surface area contributed by atoms with E-state index in [2.05, 4.69) is 25.1 Å². The number of aromatic nitrogens is 5. The molecule has 0 radical (unpaired) electrons. The number of nitrogens with zero attached hydrogens (tertiary/aromatic N) is 6. The van der Waals surface area contributed by atoms with Gasteiger partial charge in [-0.3, -0.25) is 4.79 Å². The number of β-amino-alcohol motifs (C(OH)–C–C–N with tert-alkyl or cyclic N) is 1. The molecule has 0 spiro atoms. The Balaban J connectivity index is 1.32. The van der Waals surface area contributed by atoms with Gasteiger partial charge in [-0.1, -0.05) is 35.5 Å². The average molecular weight is 557 g/mol. The lowest BCUT2D eigenvalue weighted by Gasteiger charge is -2.33. The number of pyridine rings is 1. The lowest BCUT2D eigenvalue weighted by Crippen LogP contribution is -2.38. The number of aliphatic hydroxyl groups excluding tert-OH is 1. The van der Waals surface area contributed by atoms with Gasteiger partial charge in [0.1, 0.15) is 0 Å². The zero-order chi connectivity index (χ0) is 28.4. The zero-order valence-electron chi connectivity index (χ0n) is 21.5. The van der Waals surface area contributed by atoms with Crippen molar-refractivity contribution in [1.82, 2.24) is 29.8 Å². The number of hydrogen-bond donors (Lipinski definition) is 2. The van der Waals surface area contributed by atoms with E-state index in [1.807, 2.05) is 0 Å². The van der Waals surface area contributed by atoms with Crippen LogP contribution in [0.2, 0.25) is 0 Å². The van der Waals surface area contributed by atoms with Crippen LogP contribution in [-0.2, 0) is 11.0 Å². The first kappa shape index (κ1) is 27.5. The molecule has 1 saturated heterocycles. The van der Waals surface area contributed by atoms with Crippen LogP contribution in [0.5, 0.6) is 0 Å². The Morgan fingerprint density at radius 2 is 1.95 bits per heavy atom. The molecular weight excluding hydrogens is 529 g/mol. The van der Waals surface area contributed by atoms with Gasteiger partial charge in [0.05, 0.1) is 17.9 Å². The third-order valence-electron chi connectivity index (χ3n) is 6.86. The maximum atomic E-state index is 14.1. The van der Waals surface area contributed by atoms with E-state index in [1.54, 1.807) is 37.3 Å². The predicted octanol–water partition coefficient (Wildman–Crippen LogP) is 4.53. The van der Waals surface area contributed by atoms with E-state index >= 15 is 0 Å². The molecule has 0 aliphatic carbocycles. The number of carboxylic acids is 1. The van der Waals surface area contributed by atoms with Gasteiger partial charge in [-0.15, -0.1) is 0 Å². The van der Waals surface area contributed by atoms with Gasteiger partial charge >= 0.3 is 12.1 Å². The summed E-state index contributed by atoms with van der Waals surface area (Å²) in [5.74, 6) is -1.02. The lowest BCUT2D eigenvalue weighted by atomic mass is 9.94. The highest BCUT2D eigenvalue weighted by Gasteiger charge is 2.41. The molecule has 1 aliphatic rings. The molecule has 40 heavy (non-hydrogen) atoms. The summed E-state index contributed by atoms with van der Waals surface area (Å²) < 4.78 is 48.1. The molecule has 1 aromatic carbocycles. The molecule has 210 valence electrons. The Morgan fingerprint density at radius 3 is 2.62 bits per heavy atom. The normalized spacial score (nSPS) is 17.2. The van der Waals surface area contributed by atoms with Gasteiger partial charge in [0.15, 0.2) is 11.5 Å². The summed E-state index contributed by atoms with van der Waals surface area (Å²) in [7, 11) is 0. The molecule has 0 amide bonds. The Labute approximate surface area is 227 Å². The van der Waals surface area contributed by atoms with E-state index in [0.29, 0.717) is 28.9 Å². The number of likely N-dealkylation sites (tertiary alicyclic amines) is 1. The van der Waals surface area contributed by atoms with Crippen molar-refractivity contribution >= 4 is 5.97 Å². The maximum Gasteiger partial charge on any atom is 0.434 e. The Kier molecular flexibility index (Phi) is 7.68. The quantitative estimate of drug-likeness (QED) is 0.321. The monoisotopic (exact) mass is 556 g/mol. The van der Waals surface area contributed by atoms with Crippen LogP contribution < -0.4 is 0 Å². The molecule has 3 aromatic heterocycles. The molecule has 4 heterocycles. The lowest BCUT2D eigenvalue weighted by molar-refractivity contribution is -0.142. The van der Waals surface area contributed by atoms with E-state index in [1.165, 1.54) is 12.3 Å². The van der Waals surface area contributed by atoms with Gasteiger partial charge in [0, 0.05) is 31.3 Å². The maximum absolute atomic E-state index is 14.1. The molecule has 1 aliphatic heterocycles. The second kappa shape index (κ2) is 11.2. The highest BCUT2D eigenvalue weighted by Crippen LogP contribution is 2.38. The van der Waals surface area contributed by atoms with Crippen molar-refractivity contribution in [2.45, 2.75) is 38.5 Å². The van der Waals surface area contributed by atoms with Gasteiger partial charge in [0.2, 0.25) is 5.82 Å². The van der Waals surface area contributed by atoms with Crippen molar-refractivity contribution in [3.05, 3.63) is 65.6 Å². The molecule has 0 bridgehead atoms. The molecular formula is C27H27F3N6O4. The first-order valence-electron chi connectivity index (χ1n) is 12.7. The number of aliphatic hydroxyl groups is 1. The van der Waals surface area contributed by atoms with Crippen molar-refractivity contribution in [2.24, 2.45) is 5.92 Å². The van der Waals surface area contributed by atoms with E-state index in [-0.39, 0.29) is 35.4 Å². The van der Waals surface area contributed by atoms with Crippen LogP contribution in [0.4, 0.5) is 13.2 Å². The van der Waals surface area contributed by atoms with Crippen LogP contribution >= 0.6 is 0 Å². The Morgan fingerprint density at radius 1 is 1.18 bits per heavy atom. The predicted molar refractivity (Wildman–Crippen MR) is 136 cm³/mol. The van der Waals surface area contributed by atoms with Crippen LogP contribution in [0.15, 0.2) is 53.3 Å². The topological polar surface area (TPSA) is 130 Å². The number of carboxylic acid groups (broad SMARTS) is 1. The SMILES string of the molecule is Cc1ccc(-n2ncc(-c3nc(-c4ccc([C@H](O)CN5CCC[C@H](CC(=O)O)C5)cc4)no3)c2C(F)(F)F)nc1. The average Bonchev–Trinajstić information content (AvgIpc) is 3.57. The van der Waals surface area contributed by atoms with Gasteiger partial charge in [-0.05, 0) is 49.4 Å². The highest BCUT2D eigenvalue weighted by molar-refractivity contribution is 5.67. The summed E-state index contributed by atoms with van der Waals surface area (Å²) in [5, 5.41) is 27.5. The van der Waals surface area contributed by atoms with Crippen LogP contribution in [0, 0.1) is 12.8 Å². The number of carbonyl (C=O) groups is 1. The van der Waals surface area contributed by atoms with Crippen molar-refractivity contribution in [3.8, 4) is 28.7 Å². The summed E-state index contributed by atoms with van der Waals surface area (Å²) in [6.45, 7) is 3.54. The number of aryl methyl sites for hydroxylation is 1. The molecule has 4 aromatic rings. The Hall–Kier alpha value is -4.10. The van der Waals surface area contributed by atoms with E-state index in [9.17, 15) is 23.1 Å². The fourth-order valence-corrected chi connectivity index (χ4v) is 4.92. The van der Waals surface area contributed by atoms with Gasteiger partial charge in [-0.2, -0.15) is 23.3 Å². The number of alkyl halides is 3. The van der Waals surface area contributed by atoms with Crippen molar-refractivity contribution in [1.29, 1.82) is 0 Å². The molecule has 0 saturated carbocycles. The third kappa shape index (κ3) is 6.05. The zero-order valence-corrected chi connectivity index (χ0v) is 21.5. The minimum absolute atomic E-state index is 0.0000183. The van der Waals surface area contributed by atoms with Crippen LogP contribution in [0.25, 0.3) is 28.7 Å². The Bertz CT molecular complexity index is 1470. The van der Waals surface area contributed by atoms with E-state index in [0.717, 1.165) is 31.1 Å². The van der Waals surface area contributed by atoms with Crippen LogP contribution in [0.1, 0.15) is 42.2 Å². The second-order valence-corrected chi connectivity index (χ2v) is 9.94. The third-order valence-corrected chi connectivity index (χ3v) is 6.86.